The lowest BCUT2D eigenvalue weighted by Gasteiger charge is -2.40. The summed E-state index contributed by atoms with van der Waals surface area (Å²) in [7, 11) is 0. The molecule has 0 atom stereocenters. The average Bonchev–Trinajstić information content (AvgIpc) is 2.21. The van der Waals surface area contributed by atoms with Gasteiger partial charge in [-0.15, -0.1) is 0 Å². The van der Waals surface area contributed by atoms with Crippen molar-refractivity contribution in [1.29, 1.82) is 0 Å². The predicted molar refractivity (Wildman–Crippen MR) is 67.6 cm³/mol. The lowest BCUT2D eigenvalue weighted by molar-refractivity contribution is 0.0641. The monoisotopic (exact) mass is 273 g/mol. The van der Waals surface area contributed by atoms with Crippen LogP contribution in [-0.2, 0) is 0 Å². The fourth-order valence-electron chi connectivity index (χ4n) is 1.92. The van der Waals surface area contributed by atoms with Crippen molar-refractivity contribution in [2.24, 2.45) is 0 Å². The zero-order chi connectivity index (χ0) is 12.5. The first-order valence-electron chi connectivity index (χ1n) is 5.44. The molecule has 0 bridgehead atoms. The molecule has 1 fully saturated rings. The summed E-state index contributed by atoms with van der Waals surface area (Å²) in [6.07, 6.45) is 2.64. The Morgan fingerprint density at radius 3 is 2.29 bits per heavy atom. The number of rotatable bonds is 3. The van der Waals surface area contributed by atoms with Crippen molar-refractivity contribution in [3.8, 4) is 0 Å². The molecule has 1 amide bonds. The van der Waals surface area contributed by atoms with Gasteiger partial charge in [0, 0.05) is 15.6 Å². The Morgan fingerprint density at radius 2 is 1.88 bits per heavy atom. The first-order valence-corrected chi connectivity index (χ1v) is 6.20. The van der Waals surface area contributed by atoms with E-state index in [9.17, 15) is 9.90 Å². The lowest BCUT2D eigenvalue weighted by atomic mass is 9.77. The molecule has 92 valence electrons. The molecule has 1 aromatic carbocycles. The van der Waals surface area contributed by atoms with Crippen molar-refractivity contribution in [1.82, 2.24) is 5.32 Å². The normalized spacial score (nSPS) is 17.4. The molecular weight excluding hydrogens is 261 g/mol. The minimum Gasteiger partial charge on any atom is -0.394 e. The molecule has 0 aliphatic heterocycles. The first kappa shape index (κ1) is 12.7. The lowest BCUT2D eigenvalue weighted by Crippen LogP contribution is -2.56. The molecule has 2 rings (SSSR count). The molecule has 1 aromatic rings. The van der Waals surface area contributed by atoms with Gasteiger partial charge in [0.15, 0.2) is 0 Å². The maximum atomic E-state index is 12.0. The van der Waals surface area contributed by atoms with Gasteiger partial charge >= 0.3 is 0 Å². The number of benzene rings is 1. The van der Waals surface area contributed by atoms with Crippen molar-refractivity contribution < 1.29 is 9.90 Å². The molecule has 0 saturated heterocycles. The average molecular weight is 274 g/mol. The number of amides is 1. The summed E-state index contributed by atoms with van der Waals surface area (Å²) in [6.45, 7) is -0.0347. The highest BCUT2D eigenvalue weighted by Gasteiger charge is 2.37. The number of carbonyl (C=O) groups is 1. The van der Waals surface area contributed by atoms with E-state index in [-0.39, 0.29) is 12.5 Å². The van der Waals surface area contributed by atoms with Gasteiger partial charge in [0.1, 0.15) is 0 Å². The number of halogens is 2. The second kappa shape index (κ2) is 4.84. The Balaban J connectivity index is 2.14. The smallest absolute Gasteiger partial charge is 0.251 e. The Hall–Kier alpha value is -0.770. The molecule has 5 heteroatoms. The summed E-state index contributed by atoms with van der Waals surface area (Å²) in [5.74, 6) is -0.247. The van der Waals surface area contributed by atoms with E-state index < -0.39 is 5.54 Å². The topological polar surface area (TPSA) is 49.3 Å². The summed E-state index contributed by atoms with van der Waals surface area (Å²) in [4.78, 5) is 12.0. The standard InChI is InChI=1S/C12H13Cl2NO2/c13-9-4-8(5-10(14)6-9)11(17)15-12(7-16)2-1-3-12/h4-6,16H,1-3,7H2,(H,15,17). The quantitative estimate of drug-likeness (QED) is 0.890. The van der Waals surface area contributed by atoms with Gasteiger partial charge in [-0.1, -0.05) is 23.2 Å². The zero-order valence-electron chi connectivity index (χ0n) is 9.17. The van der Waals surface area contributed by atoms with E-state index >= 15 is 0 Å². The van der Waals surface area contributed by atoms with Gasteiger partial charge in [-0.2, -0.15) is 0 Å². The largest absolute Gasteiger partial charge is 0.394 e. The van der Waals surface area contributed by atoms with Crippen LogP contribution in [0.2, 0.25) is 10.0 Å². The summed E-state index contributed by atoms with van der Waals surface area (Å²) in [5.41, 5.74) is -0.0338. The Kier molecular flexibility index (Phi) is 3.61. The van der Waals surface area contributed by atoms with Gasteiger partial charge in [0.05, 0.1) is 12.1 Å². The molecule has 0 spiro atoms. The maximum absolute atomic E-state index is 12.0. The van der Waals surface area contributed by atoms with E-state index in [1.165, 1.54) is 0 Å². The van der Waals surface area contributed by atoms with Crippen molar-refractivity contribution in [2.75, 3.05) is 6.61 Å². The number of nitrogens with one attached hydrogen (secondary N) is 1. The minimum absolute atomic E-state index is 0.0347. The van der Waals surface area contributed by atoms with Crippen molar-refractivity contribution >= 4 is 29.1 Å². The molecule has 3 nitrogen and oxygen atoms in total. The van der Waals surface area contributed by atoms with E-state index in [0.29, 0.717) is 15.6 Å². The number of carbonyl (C=O) groups excluding carboxylic acids is 1. The molecule has 0 radical (unpaired) electrons. The number of hydrogen-bond acceptors (Lipinski definition) is 2. The number of aliphatic hydroxyl groups is 1. The van der Waals surface area contributed by atoms with Crippen molar-refractivity contribution in [2.45, 2.75) is 24.8 Å². The second-order valence-electron chi connectivity index (χ2n) is 4.40. The highest BCUT2D eigenvalue weighted by Crippen LogP contribution is 2.31. The van der Waals surface area contributed by atoms with Gasteiger partial charge in [0.2, 0.25) is 0 Å². The highest BCUT2D eigenvalue weighted by molar-refractivity contribution is 6.35. The third-order valence-electron chi connectivity index (χ3n) is 3.12. The molecule has 17 heavy (non-hydrogen) atoms. The van der Waals surface area contributed by atoms with E-state index in [1.54, 1.807) is 18.2 Å². The third kappa shape index (κ3) is 2.73. The van der Waals surface area contributed by atoms with Gasteiger partial charge in [0.25, 0.3) is 5.91 Å². The molecule has 2 N–H and O–H groups in total. The first-order chi connectivity index (χ1) is 8.04. The SMILES string of the molecule is O=C(NC1(CO)CCC1)c1cc(Cl)cc(Cl)c1. The van der Waals surface area contributed by atoms with Crippen LogP contribution in [-0.4, -0.2) is 23.2 Å². The van der Waals surface area contributed by atoms with Gasteiger partial charge in [-0.05, 0) is 37.5 Å². The van der Waals surface area contributed by atoms with Crippen LogP contribution in [0, 0.1) is 0 Å². The van der Waals surface area contributed by atoms with E-state index in [0.717, 1.165) is 19.3 Å². The molecule has 1 aliphatic rings. The minimum atomic E-state index is -0.453. The number of hydrogen-bond donors (Lipinski definition) is 2. The van der Waals surface area contributed by atoms with Crippen LogP contribution in [0.4, 0.5) is 0 Å². The summed E-state index contributed by atoms with van der Waals surface area (Å²) < 4.78 is 0. The van der Waals surface area contributed by atoms with Crippen LogP contribution in [0.25, 0.3) is 0 Å². The van der Waals surface area contributed by atoms with Crippen LogP contribution in [0.1, 0.15) is 29.6 Å². The Bertz CT molecular complexity index is 418. The van der Waals surface area contributed by atoms with Crippen LogP contribution in [0.5, 0.6) is 0 Å². The molecule has 1 aliphatic carbocycles. The maximum Gasteiger partial charge on any atom is 0.251 e. The summed E-state index contributed by atoms with van der Waals surface area (Å²) in [5, 5.41) is 13.0. The van der Waals surface area contributed by atoms with E-state index in [2.05, 4.69) is 5.32 Å². The fraction of sp³-hybridized carbons (Fsp3) is 0.417. The predicted octanol–water partition coefficient (Wildman–Crippen LogP) is 2.64. The zero-order valence-corrected chi connectivity index (χ0v) is 10.7. The van der Waals surface area contributed by atoms with Crippen LogP contribution in [0.15, 0.2) is 18.2 Å². The van der Waals surface area contributed by atoms with E-state index in [1.807, 2.05) is 0 Å². The molecule has 0 heterocycles. The summed E-state index contributed by atoms with van der Waals surface area (Å²) in [6, 6.07) is 4.70. The molecule has 0 unspecified atom stereocenters. The van der Waals surface area contributed by atoms with Gasteiger partial charge < -0.3 is 10.4 Å². The van der Waals surface area contributed by atoms with E-state index in [4.69, 9.17) is 23.2 Å². The third-order valence-corrected chi connectivity index (χ3v) is 3.55. The Labute approximate surface area is 110 Å². The molecule has 0 aromatic heterocycles. The second-order valence-corrected chi connectivity index (χ2v) is 5.28. The summed E-state index contributed by atoms with van der Waals surface area (Å²) >= 11 is 11.7. The van der Waals surface area contributed by atoms with Crippen LogP contribution < -0.4 is 5.32 Å². The van der Waals surface area contributed by atoms with Crippen LogP contribution >= 0.6 is 23.2 Å². The van der Waals surface area contributed by atoms with Crippen molar-refractivity contribution in [3.05, 3.63) is 33.8 Å². The number of aliphatic hydroxyl groups excluding tert-OH is 1. The van der Waals surface area contributed by atoms with Gasteiger partial charge in [-0.25, -0.2) is 0 Å². The van der Waals surface area contributed by atoms with Crippen molar-refractivity contribution in [3.63, 3.8) is 0 Å². The molecule has 1 saturated carbocycles. The van der Waals surface area contributed by atoms with Gasteiger partial charge in [-0.3, -0.25) is 4.79 Å². The Morgan fingerprint density at radius 1 is 1.29 bits per heavy atom. The van der Waals surface area contributed by atoms with Crippen LogP contribution in [0.3, 0.4) is 0 Å². The highest BCUT2D eigenvalue weighted by atomic mass is 35.5. The molecular formula is C12H13Cl2NO2. The fourth-order valence-corrected chi connectivity index (χ4v) is 2.45.